The Bertz CT molecular complexity index is 812. The molecule has 0 saturated carbocycles. The maximum atomic E-state index is 13.2. The largest absolute Gasteiger partial charge is 0.381 e. The fourth-order valence-corrected chi connectivity index (χ4v) is 4.41. The molecule has 3 heterocycles. The molecule has 2 aliphatic rings. The van der Waals surface area contributed by atoms with Crippen molar-refractivity contribution in [1.29, 1.82) is 0 Å². The molecule has 2 aliphatic heterocycles. The number of carbonyl (C=O) groups is 1. The number of rotatable bonds is 4. The first kappa shape index (κ1) is 19.2. The fraction of sp³-hybridized carbons (Fsp3) is 0.545. The third-order valence-electron chi connectivity index (χ3n) is 5.93. The summed E-state index contributed by atoms with van der Waals surface area (Å²) in [5.41, 5.74) is 4.18. The molecular formula is C22H29N3O3. The van der Waals surface area contributed by atoms with Gasteiger partial charge in [-0.25, -0.2) is 4.68 Å². The van der Waals surface area contributed by atoms with Gasteiger partial charge in [0.25, 0.3) is 0 Å². The van der Waals surface area contributed by atoms with E-state index in [1.165, 1.54) is 0 Å². The zero-order valence-corrected chi connectivity index (χ0v) is 16.8. The van der Waals surface area contributed by atoms with E-state index in [0.717, 1.165) is 48.7 Å². The highest BCUT2D eigenvalue weighted by molar-refractivity contribution is 5.77. The molecule has 1 amide bonds. The van der Waals surface area contributed by atoms with Crippen LogP contribution < -0.4 is 0 Å². The molecule has 0 bridgehead atoms. The van der Waals surface area contributed by atoms with Crippen molar-refractivity contribution in [1.82, 2.24) is 14.7 Å². The molecule has 0 N–H and O–H groups in total. The average Bonchev–Trinajstić information content (AvgIpc) is 3.03. The van der Waals surface area contributed by atoms with Crippen LogP contribution in [0.2, 0.25) is 0 Å². The molecule has 0 spiro atoms. The zero-order chi connectivity index (χ0) is 19.5. The molecule has 150 valence electrons. The van der Waals surface area contributed by atoms with Gasteiger partial charge in [0.05, 0.1) is 30.6 Å². The summed E-state index contributed by atoms with van der Waals surface area (Å²) in [7, 11) is 0. The van der Waals surface area contributed by atoms with Gasteiger partial charge in [-0.05, 0) is 44.7 Å². The molecule has 28 heavy (non-hydrogen) atoms. The summed E-state index contributed by atoms with van der Waals surface area (Å²) in [5, 5.41) is 4.77. The highest BCUT2D eigenvalue weighted by atomic mass is 16.5. The highest BCUT2D eigenvalue weighted by Crippen LogP contribution is 2.32. The first-order valence-electron chi connectivity index (χ1n) is 10.2. The lowest BCUT2D eigenvalue weighted by molar-refractivity contribution is -0.142. The highest BCUT2D eigenvalue weighted by Gasteiger charge is 2.33. The van der Waals surface area contributed by atoms with Crippen molar-refractivity contribution >= 4 is 5.91 Å². The van der Waals surface area contributed by atoms with Crippen LogP contribution in [0.15, 0.2) is 30.3 Å². The van der Waals surface area contributed by atoms with E-state index in [1.54, 1.807) is 0 Å². The van der Waals surface area contributed by atoms with Gasteiger partial charge in [-0.2, -0.15) is 5.10 Å². The second-order valence-corrected chi connectivity index (χ2v) is 7.77. The minimum atomic E-state index is -0.0708. The van der Waals surface area contributed by atoms with E-state index in [-0.39, 0.29) is 11.9 Å². The molecular weight excluding hydrogens is 354 g/mol. The van der Waals surface area contributed by atoms with Gasteiger partial charge in [-0.1, -0.05) is 18.2 Å². The van der Waals surface area contributed by atoms with Crippen LogP contribution >= 0.6 is 0 Å². The quantitative estimate of drug-likeness (QED) is 0.814. The van der Waals surface area contributed by atoms with E-state index in [1.807, 2.05) is 34.7 Å². The van der Waals surface area contributed by atoms with Gasteiger partial charge in [0.15, 0.2) is 0 Å². The van der Waals surface area contributed by atoms with Gasteiger partial charge < -0.3 is 14.4 Å². The van der Waals surface area contributed by atoms with Crippen LogP contribution in [0.25, 0.3) is 5.69 Å². The summed E-state index contributed by atoms with van der Waals surface area (Å²) in [6, 6.07) is 10.1. The molecule has 0 aliphatic carbocycles. The minimum absolute atomic E-state index is 0.0708. The van der Waals surface area contributed by atoms with E-state index in [4.69, 9.17) is 14.6 Å². The Kier molecular flexibility index (Phi) is 5.78. The standard InChI is InChI=1S/C22H29N3O3/c1-16-22(17(2)25(23-16)19-6-4-3-5-7-19)20-15-28-13-10-24(20)21(26)14-18-8-11-27-12-9-18/h3-7,18,20H,8-15H2,1-2H3/t20-/m1/s1. The van der Waals surface area contributed by atoms with Crippen molar-refractivity contribution in [3.05, 3.63) is 47.3 Å². The molecule has 2 saturated heterocycles. The summed E-state index contributed by atoms with van der Waals surface area (Å²) >= 11 is 0. The summed E-state index contributed by atoms with van der Waals surface area (Å²) < 4.78 is 13.2. The average molecular weight is 383 g/mol. The molecule has 2 aromatic rings. The second-order valence-electron chi connectivity index (χ2n) is 7.77. The lowest BCUT2D eigenvalue weighted by Crippen LogP contribution is -2.44. The number of morpholine rings is 1. The first-order valence-corrected chi connectivity index (χ1v) is 10.2. The van der Waals surface area contributed by atoms with E-state index in [0.29, 0.717) is 32.1 Å². The number of para-hydroxylation sites is 1. The maximum Gasteiger partial charge on any atom is 0.223 e. The Morgan fingerprint density at radius 3 is 2.61 bits per heavy atom. The van der Waals surface area contributed by atoms with Crippen LogP contribution in [0.5, 0.6) is 0 Å². The van der Waals surface area contributed by atoms with Gasteiger partial charge in [-0.15, -0.1) is 0 Å². The van der Waals surface area contributed by atoms with E-state index in [9.17, 15) is 4.79 Å². The van der Waals surface area contributed by atoms with Crippen molar-refractivity contribution in [2.45, 2.75) is 39.2 Å². The predicted molar refractivity (Wildman–Crippen MR) is 106 cm³/mol. The number of hydrogen-bond donors (Lipinski definition) is 0. The molecule has 4 rings (SSSR count). The molecule has 1 aromatic carbocycles. The monoisotopic (exact) mass is 383 g/mol. The number of benzene rings is 1. The topological polar surface area (TPSA) is 56.6 Å². The van der Waals surface area contributed by atoms with Gasteiger partial charge in [0.2, 0.25) is 5.91 Å². The number of nitrogens with zero attached hydrogens (tertiary/aromatic N) is 3. The van der Waals surface area contributed by atoms with E-state index >= 15 is 0 Å². The molecule has 0 unspecified atom stereocenters. The van der Waals surface area contributed by atoms with Gasteiger partial charge in [0, 0.05) is 37.4 Å². The number of amides is 1. The van der Waals surface area contributed by atoms with Crippen LogP contribution in [-0.2, 0) is 14.3 Å². The summed E-state index contributed by atoms with van der Waals surface area (Å²) in [6.45, 7) is 7.42. The van der Waals surface area contributed by atoms with Crippen LogP contribution in [0, 0.1) is 19.8 Å². The number of hydrogen-bond acceptors (Lipinski definition) is 4. The molecule has 1 aromatic heterocycles. The number of ether oxygens (including phenoxy) is 2. The third kappa shape index (κ3) is 3.84. The van der Waals surface area contributed by atoms with Crippen molar-refractivity contribution < 1.29 is 14.3 Å². The summed E-state index contributed by atoms with van der Waals surface area (Å²) in [6.07, 6.45) is 2.56. The molecule has 1 atom stereocenters. The van der Waals surface area contributed by atoms with E-state index < -0.39 is 0 Å². The molecule has 6 heteroatoms. The molecule has 0 radical (unpaired) electrons. The molecule has 6 nitrogen and oxygen atoms in total. The Hall–Kier alpha value is -2.18. The van der Waals surface area contributed by atoms with Crippen LogP contribution in [0.4, 0.5) is 0 Å². The second kappa shape index (κ2) is 8.45. The Balaban J connectivity index is 1.59. The minimum Gasteiger partial charge on any atom is -0.381 e. The van der Waals surface area contributed by atoms with Gasteiger partial charge >= 0.3 is 0 Å². The SMILES string of the molecule is Cc1nn(-c2ccccc2)c(C)c1[C@H]1COCCN1C(=O)CC1CCOCC1. The smallest absolute Gasteiger partial charge is 0.223 e. The van der Waals surface area contributed by atoms with Crippen molar-refractivity contribution in [2.24, 2.45) is 5.92 Å². The van der Waals surface area contributed by atoms with Gasteiger partial charge in [0.1, 0.15) is 0 Å². The Morgan fingerprint density at radius 2 is 1.86 bits per heavy atom. The zero-order valence-electron chi connectivity index (χ0n) is 16.8. The van der Waals surface area contributed by atoms with Crippen molar-refractivity contribution in [3.8, 4) is 5.69 Å². The lowest BCUT2D eigenvalue weighted by atomic mass is 9.94. The normalized spacial score (nSPS) is 21.1. The predicted octanol–water partition coefficient (Wildman–Crippen LogP) is 3.21. The number of carbonyl (C=O) groups excluding carboxylic acids is 1. The maximum absolute atomic E-state index is 13.2. The van der Waals surface area contributed by atoms with Crippen LogP contribution in [-0.4, -0.2) is 53.6 Å². The van der Waals surface area contributed by atoms with Crippen molar-refractivity contribution in [3.63, 3.8) is 0 Å². The number of aromatic nitrogens is 2. The van der Waals surface area contributed by atoms with Crippen LogP contribution in [0.1, 0.15) is 42.3 Å². The summed E-state index contributed by atoms with van der Waals surface area (Å²) in [5.74, 6) is 0.658. The van der Waals surface area contributed by atoms with Gasteiger partial charge in [-0.3, -0.25) is 4.79 Å². The van der Waals surface area contributed by atoms with Crippen LogP contribution in [0.3, 0.4) is 0 Å². The Labute approximate surface area is 166 Å². The third-order valence-corrected chi connectivity index (χ3v) is 5.93. The molecule has 2 fully saturated rings. The fourth-order valence-electron chi connectivity index (χ4n) is 4.41. The lowest BCUT2D eigenvalue weighted by Gasteiger charge is -2.37. The van der Waals surface area contributed by atoms with Crippen molar-refractivity contribution in [2.75, 3.05) is 33.0 Å². The Morgan fingerprint density at radius 1 is 1.11 bits per heavy atom. The first-order chi connectivity index (χ1) is 13.6. The van der Waals surface area contributed by atoms with E-state index in [2.05, 4.69) is 19.1 Å². The summed E-state index contributed by atoms with van der Waals surface area (Å²) in [4.78, 5) is 15.2. The number of aryl methyl sites for hydroxylation is 1.